The summed E-state index contributed by atoms with van der Waals surface area (Å²) in [5.41, 5.74) is 7.04. The van der Waals surface area contributed by atoms with Crippen LogP contribution in [0, 0.1) is 5.41 Å². The highest BCUT2D eigenvalue weighted by Crippen LogP contribution is 2.54. The molecule has 28 nitrogen and oxygen atoms in total. The summed E-state index contributed by atoms with van der Waals surface area (Å²) in [6.45, 7) is 6.60. The van der Waals surface area contributed by atoms with Gasteiger partial charge in [-0.25, -0.2) is 89.3 Å². The number of nitrogens with one attached hydrogen (secondary N) is 4. The number of halogens is 1. The van der Waals surface area contributed by atoms with Gasteiger partial charge in [-0.1, -0.05) is 96.9 Å². The summed E-state index contributed by atoms with van der Waals surface area (Å²) < 4.78 is 216. The van der Waals surface area contributed by atoms with Gasteiger partial charge in [-0.2, -0.15) is 0 Å². The first kappa shape index (κ1) is 92.7. The number of sulfonamides is 8. The average molecular weight is 1800 g/mol. The van der Waals surface area contributed by atoms with E-state index in [2.05, 4.69) is 33.6 Å². The number of rotatable bonds is 27. The van der Waals surface area contributed by atoms with Gasteiger partial charge >= 0.3 is 0 Å². The van der Waals surface area contributed by atoms with Crippen molar-refractivity contribution < 1.29 is 67.3 Å². The molecule has 3 saturated heterocycles. The quantitative estimate of drug-likeness (QED) is 0.0371. The van der Waals surface area contributed by atoms with Crippen molar-refractivity contribution in [1.82, 2.24) is 26.8 Å². The molecule has 4 N–H and O–H groups in total. The van der Waals surface area contributed by atoms with Crippen molar-refractivity contribution in [3.8, 4) is 0 Å². The van der Waals surface area contributed by atoms with Gasteiger partial charge in [0.25, 0.3) is 30.1 Å². The lowest BCUT2D eigenvalue weighted by Gasteiger charge is -2.35. The molecule has 0 bridgehead atoms. The first-order chi connectivity index (χ1) is 56.1. The van der Waals surface area contributed by atoms with E-state index in [-0.39, 0.29) is 45.7 Å². The highest BCUT2D eigenvalue weighted by atomic mass is 35.5. The third-order valence-corrected chi connectivity index (χ3v) is 34.0. The fraction of sp³-hybridized carbons (Fsp3) is 0.341. The molecule has 4 fully saturated rings. The molecule has 13 rings (SSSR count). The molecule has 0 aromatic heterocycles. The van der Waals surface area contributed by atoms with Crippen LogP contribution in [0.15, 0.2) is 258 Å². The van der Waals surface area contributed by atoms with Gasteiger partial charge in [0.2, 0.25) is 50.1 Å². The average Bonchev–Trinajstić information content (AvgIpc) is 1.59. The van der Waals surface area contributed by atoms with E-state index in [0.717, 1.165) is 124 Å². The topological polar surface area (TPSA) is 347 Å². The standard InChI is InChI=1S/C21H27N3O4S2.C21H23N3O4S2.C21H29N3O4S2.C19H24ClN3O4S2/c1-23(2)30(27,28)18-9-7-17(8-10-18)29(25,26)22-19-5-3-4-6-20(19)24-15-13-21(11-12-21)14-16-24;1-23(2)30(27,28)19-15-13-18(14-16-19)29(25,26)22-20-11-7-8-12-21(20)24(3)17-9-5-4-6-10-17;1-23(2)30(27,28)21-12-10-20(11-13-21)29(25,26)22-16-18-8-4-5-9-19(18)17-24-14-6-3-7-15-24;1-22(2)29(26,27)16-9-6-8-15(14-16)28(24,25)21-18-11-7-10-17(20)19(18)23-12-4-3-5-13-23/h3-10,22H,11-16H2,1-2H3;4-16,22H,1-3H3;4-5,8-13,22H,3,6-7,14-17H2,1-2H3;6-11,14,21H,3-5,12-13H2,1-2H3. The lowest BCUT2D eigenvalue weighted by Crippen LogP contribution is -2.35. The molecule has 9 aromatic rings. The van der Waals surface area contributed by atoms with Crippen molar-refractivity contribution in [2.75, 3.05) is 132 Å². The fourth-order valence-electron chi connectivity index (χ4n) is 13.5. The Morgan fingerprint density at radius 1 is 0.336 bits per heavy atom. The number of benzene rings is 9. The van der Waals surface area contributed by atoms with Crippen molar-refractivity contribution in [2.45, 2.75) is 116 Å². The van der Waals surface area contributed by atoms with E-state index in [1.165, 1.54) is 179 Å². The predicted octanol–water partition coefficient (Wildman–Crippen LogP) is 12.4. The van der Waals surface area contributed by atoms with Crippen molar-refractivity contribution in [1.29, 1.82) is 0 Å². The summed E-state index contributed by atoms with van der Waals surface area (Å²) >= 11 is 6.40. The van der Waals surface area contributed by atoms with Crippen molar-refractivity contribution in [3.63, 3.8) is 0 Å². The van der Waals surface area contributed by atoms with Crippen LogP contribution in [0.4, 0.5) is 39.8 Å². The lowest BCUT2D eigenvalue weighted by molar-refractivity contribution is 0.220. The molecule has 37 heteroatoms. The van der Waals surface area contributed by atoms with Gasteiger partial charge in [0.15, 0.2) is 0 Å². The minimum atomic E-state index is -4.02. The lowest BCUT2D eigenvalue weighted by atomic mass is 9.93. The van der Waals surface area contributed by atoms with E-state index in [1.54, 1.807) is 42.5 Å². The molecular formula is C82H103ClN12O16S8. The van der Waals surface area contributed by atoms with Gasteiger partial charge in [0.05, 0.1) is 78.3 Å². The van der Waals surface area contributed by atoms with E-state index >= 15 is 0 Å². The van der Waals surface area contributed by atoms with Gasteiger partial charge in [0, 0.05) is 108 Å². The molecule has 0 atom stereocenters. The summed E-state index contributed by atoms with van der Waals surface area (Å²) in [7, 11) is -16.9. The Kier molecular flexibility index (Phi) is 30.5. The smallest absolute Gasteiger partial charge is 0.262 e. The molecule has 1 aliphatic carbocycles. The van der Waals surface area contributed by atoms with E-state index in [4.69, 9.17) is 11.6 Å². The first-order valence-electron chi connectivity index (χ1n) is 38.3. The zero-order valence-corrected chi connectivity index (χ0v) is 75.1. The molecule has 4 aliphatic rings. The van der Waals surface area contributed by atoms with Crippen LogP contribution in [-0.4, -0.2) is 192 Å². The van der Waals surface area contributed by atoms with Crippen LogP contribution in [-0.2, 0) is 93.3 Å². The van der Waals surface area contributed by atoms with Gasteiger partial charge in [-0.3, -0.25) is 19.1 Å². The number of anilines is 7. The number of hydrogen-bond donors (Lipinski definition) is 4. The largest absolute Gasteiger partial charge is 0.370 e. The van der Waals surface area contributed by atoms with Crippen LogP contribution in [0.2, 0.25) is 5.02 Å². The Bertz CT molecular complexity index is 5980. The summed E-state index contributed by atoms with van der Waals surface area (Å²) in [5.74, 6) is 0. The van der Waals surface area contributed by atoms with Crippen LogP contribution < -0.4 is 33.6 Å². The maximum absolute atomic E-state index is 13.0. The van der Waals surface area contributed by atoms with Crippen LogP contribution >= 0.6 is 11.6 Å². The van der Waals surface area contributed by atoms with Gasteiger partial charge < -0.3 is 14.7 Å². The molecule has 119 heavy (non-hydrogen) atoms. The van der Waals surface area contributed by atoms with Crippen LogP contribution in [0.25, 0.3) is 0 Å². The molecule has 0 unspecified atom stereocenters. The van der Waals surface area contributed by atoms with E-state index in [0.29, 0.717) is 38.9 Å². The number of nitrogens with zero attached hydrogens (tertiary/aromatic N) is 8. The molecule has 9 aromatic carbocycles. The normalized spacial score (nSPS) is 15.5. The highest BCUT2D eigenvalue weighted by molar-refractivity contribution is 7.94. The number of hydrogen-bond acceptors (Lipinski definition) is 20. The molecule has 3 aliphatic heterocycles. The Hall–Kier alpha value is -8.57. The second kappa shape index (κ2) is 39.1. The molecular weight excluding hydrogens is 1700 g/mol. The summed E-state index contributed by atoms with van der Waals surface area (Å²) in [6.07, 6.45) is 11.8. The SMILES string of the molecule is CN(C)S(=O)(=O)c1ccc(S(=O)(=O)NCc2ccccc2CN2CCCCC2)cc1.CN(C)S(=O)(=O)c1ccc(S(=O)(=O)Nc2ccccc2N2CCC3(CC2)CC3)cc1.CN(C)S(=O)(=O)c1cccc(S(=O)(=O)Nc2cccc(Cl)c2N2CCCCC2)c1.CN(c1ccccc1)c1ccccc1NS(=O)(=O)c1ccc(S(=O)(=O)N(C)C)cc1. The molecule has 1 saturated carbocycles. The number of likely N-dealkylation sites (tertiary alicyclic amines) is 1. The number of piperidine rings is 3. The Morgan fingerprint density at radius 3 is 1.23 bits per heavy atom. The predicted molar refractivity (Wildman–Crippen MR) is 469 cm³/mol. The minimum absolute atomic E-state index is 0.0191. The Balaban J connectivity index is 0.000000167. The molecule has 1 spiro atoms. The van der Waals surface area contributed by atoms with E-state index in [9.17, 15) is 67.3 Å². The van der Waals surface area contributed by atoms with Crippen LogP contribution in [0.3, 0.4) is 0 Å². The summed E-state index contributed by atoms with van der Waals surface area (Å²) in [4.78, 5) is 8.54. The summed E-state index contributed by atoms with van der Waals surface area (Å²) in [6, 6.07) is 57.9. The third kappa shape index (κ3) is 23.4. The monoisotopic (exact) mass is 1800 g/mol. The van der Waals surface area contributed by atoms with Gasteiger partial charge in [-0.15, -0.1) is 0 Å². The van der Waals surface area contributed by atoms with Gasteiger partial charge in [0.1, 0.15) is 0 Å². The van der Waals surface area contributed by atoms with Gasteiger partial charge in [-0.05, 0) is 227 Å². The van der Waals surface area contributed by atoms with E-state index < -0.39 is 80.2 Å². The minimum Gasteiger partial charge on any atom is -0.370 e. The third-order valence-electron chi connectivity index (χ3n) is 20.9. The second-order valence-electron chi connectivity index (χ2n) is 29.9. The number of para-hydroxylation sites is 6. The highest BCUT2D eigenvalue weighted by Gasteiger charge is 2.45. The van der Waals surface area contributed by atoms with Crippen LogP contribution in [0.1, 0.15) is 75.3 Å². The second-order valence-corrected chi connectivity index (χ2v) is 45.7. The van der Waals surface area contributed by atoms with Crippen molar-refractivity contribution >= 4 is 132 Å². The molecule has 3 heterocycles. The first-order valence-corrected chi connectivity index (χ1v) is 50.4. The summed E-state index contributed by atoms with van der Waals surface area (Å²) in [5, 5.41) is 0.469. The zero-order chi connectivity index (χ0) is 86.5. The molecule has 0 amide bonds. The molecule has 642 valence electrons. The van der Waals surface area contributed by atoms with Crippen molar-refractivity contribution in [2.24, 2.45) is 5.41 Å². The maximum Gasteiger partial charge on any atom is 0.262 e. The Labute approximate surface area is 708 Å². The zero-order valence-electron chi connectivity index (χ0n) is 67.8. The molecule has 0 radical (unpaired) electrons. The maximum atomic E-state index is 13.0. The van der Waals surface area contributed by atoms with Crippen molar-refractivity contribution in [3.05, 3.63) is 235 Å². The Morgan fingerprint density at radius 2 is 0.723 bits per heavy atom. The van der Waals surface area contributed by atoms with Crippen LogP contribution in [0.5, 0.6) is 0 Å². The fourth-order valence-corrected chi connectivity index (χ4v) is 21.8. The van der Waals surface area contributed by atoms with E-state index in [1.807, 2.05) is 90.8 Å².